The Morgan fingerprint density at radius 3 is 2.71 bits per heavy atom. The highest BCUT2D eigenvalue weighted by molar-refractivity contribution is 6.02. The molecule has 2 aromatic carbocycles. The second kappa shape index (κ2) is 7.29. The van der Waals surface area contributed by atoms with E-state index in [0.717, 1.165) is 22.6 Å². The summed E-state index contributed by atoms with van der Waals surface area (Å²) < 4.78 is 5.21. The number of carbonyl (C=O) groups excluding carboxylic acids is 1. The van der Waals surface area contributed by atoms with E-state index in [4.69, 9.17) is 4.74 Å². The summed E-state index contributed by atoms with van der Waals surface area (Å²) in [5.74, 6) is 0.231. The fraction of sp³-hybridized carbons (Fsp3) is 0.160. The third kappa shape index (κ3) is 2.86. The molecule has 3 atom stereocenters. The number of allylic oxidation sites excluding steroid dienone is 2. The van der Waals surface area contributed by atoms with Crippen LogP contribution < -0.4 is 10.1 Å². The van der Waals surface area contributed by atoms with Gasteiger partial charge in [0.25, 0.3) is 5.91 Å². The molecule has 3 aliphatic rings. The number of para-hydroxylation sites is 1. The molecule has 31 heavy (non-hydrogen) atoms. The number of fused-ring (bicyclic) bond motifs is 4. The van der Waals surface area contributed by atoms with Crippen LogP contribution in [-0.4, -0.2) is 30.3 Å². The maximum absolute atomic E-state index is 13.3. The quantitative estimate of drug-likeness (QED) is 0.785. The summed E-state index contributed by atoms with van der Waals surface area (Å²) in [5.41, 5.74) is 1.88. The molecule has 2 aromatic rings. The summed E-state index contributed by atoms with van der Waals surface area (Å²) in [6, 6.07) is 17.4. The zero-order valence-electron chi connectivity index (χ0n) is 16.9. The van der Waals surface area contributed by atoms with Crippen molar-refractivity contribution in [3.8, 4) is 11.8 Å². The van der Waals surface area contributed by atoms with Gasteiger partial charge in [-0.25, -0.2) is 5.01 Å². The van der Waals surface area contributed by atoms with Crippen LogP contribution in [0.15, 0.2) is 89.6 Å². The molecule has 1 spiro atoms. The lowest BCUT2D eigenvalue weighted by Crippen LogP contribution is -2.54. The Kier molecular flexibility index (Phi) is 4.45. The Morgan fingerprint density at radius 1 is 1.16 bits per heavy atom. The van der Waals surface area contributed by atoms with Gasteiger partial charge in [-0.2, -0.15) is 10.4 Å². The van der Waals surface area contributed by atoms with Crippen LogP contribution in [0.2, 0.25) is 0 Å². The van der Waals surface area contributed by atoms with Gasteiger partial charge >= 0.3 is 0 Å². The number of nitriles is 1. The van der Waals surface area contributed by atoms with Gasteiger partial charge in [0, 0.05) is 17.2 Å². The molecule has 0 fully saturated rings. The Bertz CT molecular complexity index is 1200. The lowest BCUT2D eigenvalue weighted by molar-refractivity contribution is -0.131. The molecule has 6 heteroatoms. The van der Waals surface area contributed by atoms with Crippen LogP contribution in [0.25, 0.3) is 0 Å². The van der Waals surface area contributed by atoms with E-state index in [0.29, 0.717) is 0 Å². The van der Waals surface area contributed by atoms with Gasteiger partial charge in [0.05, 0.1) is 19.4 Å². The first kappa shape index (κ1) is 18.9. The van der Waals surface area contributed by atoms with E-state index in [2.05, 4.69) is 28.6 Å². The smallest absolute Gasteiger partial charge is 0.285 e. The number of ether oxygens (including phenoxy) is 1. The number of methoxy groups -OCH3 is 1. The van der Waals surface area contributed by atoms with Crippen molar-refractivity contribution in [2.45, 2.75) is 11.6 Å². The zero-order chi connectivity index (χ0) is 21.4. The maximum atomic E-state index is 13.3. The molecule has 3 unspecified atom stereocenters. The number of nitrogens with one attached hydrogen (secondary N) is 1. The highest BCUT2D eigenvalue weighted by Gasteiger charge is 2.56. The van der Waals surface area contributed by atoms with E-state index in [1.165, 1.54) is 5.01 Å². The lowest BCUT2D eigenvalue weighted by Gasteiger charge is -2.48. The summed E-state index contributed by atoms with van der Waals surface area (Å²) in [4.78, 5) is 13.3. The first-order chi connectivity index (χ1) is 15.2. The second-order valence-corrected chi connectivity index (χ2v) is 7.64. The predicted molar refractivity (Wildman–Crippen MR) is 118 cm³/mol. The van der Waals surface area contributed by atoms with Gasteiger partial charge in [-0.3, -0.25) is 4.79 Å². The summed E-state index contributed by atoms with van der Waals surface area (Å²) >= 11 is 0. The van der Waals surface area contributed by atoms with E-state index in [-0.39, 0.29) is 17.5 Å². The fourth-order valence-electron chi connectivity index (χ4n) is 4.58. The number of hydrazone groups is 1. The third-order valence-electron chi connectivity index (χ3n) is 6.02. The van der Waals surface area contributed by atoms with Crippen molar-refractivity contribution in [1.82, 2.24) is 5.01 Å². The molecule has 0 saturated heterocycles. The standard InChI is InChI=1S/C25H20N4O2/c1-31-19-12-10-17(11-13-19)16-27-29-24(30)18(15-26)14-25(29)20-6-2-4-8-22(20)28-23-9-5-3-7-21(23)25/h2-14,16,20,22,28H,1H3/b27-16+. The maximum Gasteiger partial charge on any atom is 0.285 e. The molecular formula is C25H20N4O2. The van der Waals surface area contributed by atoms with Gasteiger partial charge in [-0.15, -0.1) is 0 Å². The van der Waals surface area contributed by atoms with Gasteiger partial charge in [-0.05, 0) is 42.0 Å². The van der Waals surface area contributed by atoms with E-state index >= 15 is 0 Å². The number of nitrogens with zero attached hydrogens (tertiary/aromatic N) is 3. The van der Waals surface area contributed by atoms with Crippen LogP contribution in [0.5, 0.6) is 5.75 Å². The summed E-state index contributed by atoms with van der Waals surface area (Å²) in [6.07, 6.45) is 11.6. The van der Waals surface area contributed by atoms with Gasteiger partial charge in [0.2, 0.25) is 0 Å². The zero-order valence-corrected chi connectivity index (χ0v) is 16.9. The number of rotatable bonds is 3. The Hall–Kier alpha value is -4.11. The van der Waals surface area contributed by atoms with Crippen LogP contribution in [0, 0.1) is 17.2 Å². The van der Waals surface area contributed by atoms with Gasteiger partial charge in [0.1, 0.15) is 22.9 Å². The van der Waals surface area contributed by atoms with Gasteiger partial charge in [0.15, 0.2) is 0 Å². The highest BCUT2D eigenvalue weighted by Crippen LogP contribution is 2.52. The first-order valence-electron chi connectivity index (χ1n) is 10.0. The number of anilines is 1. The van der Waals surface area contributed by atoms with Gasteiger partial charge < -0.3 is 10.1 Å². The summed E-state index contributed by atoms with van der Waals surface area (Å²) in [7, 11) is 1.61. The van der Waals surface area contributed by atoms with Crippen LogP contribution in [0.3, 0.4) is 0 Å². The number of hydrogen-bond acceptors (Lipinski definition) is 5. The monoisotopic (exact) mass is 408 g/mol. The van der Waals surface area contributed by atoms with Crippen molar-refractivity contribution in [2.24, 2.45) is 11.0 Å². The molecule has 6 nitrogen and oxygen atoms in total. The average molecular weight is 408 g/mol. The van der Waals surface area contributed by atoms with Crippen LogP contribution >= 0.6 is 0 Å². The van der Waals surface area contributed by atoms with Crippen molar-refractivity contribution in [3.63, 3.8) is 0 Å². The Morgan fingerprint density at radius 2 is 1.94 bits per heavy atom. The number of hydrogen-bond donors (Lipinski definition) is 1. The van der Waals surface area contributed by atoms with Crippen LogP contribution in [0.1, 0.15) is 11.1 Å². The topological polar surface area (TPSA) is 77.7 Å². The van der Waals surface area contributed by atoms with E-state index in [9.17, 15) is 10.1 Å². The number of benzene rings is 2. The molecule has 1 aliphatic carbocycles. The molecule has 1 amide bonds. The lowest BCUT2D eigenvalue weighted by atomic mass is 9.69. The second-order valence-electron chi connectivity index (χ2n) is 7.64. The van der Waals surface area contributed by atoms with E-state index in [1.807, 2.05) is 60.7 Å². The van der Waals surface area contributed by atoms with E-state index in [1.54, 1.807) is 19.4 Å². The molecule has 152 valence electrons. The van der Waals surface area contributed by atoms with Gasteiger partial charge in [-0.1, -0.05) is 42.5 Å². The van der Waals surface area contributed by atoms with Crippen molar-refractivity contribution >= 4 is 17.8 Å². The van der Waals surface area contributed by atoms with Crippen molar-refractivity contribution in [2.75, 3.05) is 12.4 Å². The molecule has 1 N–H and O–H groups in total. The van der Waals surface area contributed by atoms with Crippen molar-refractivity contribution < 1.29 is 9.53 Å². The van der Waals surface area contributed by atoms with Crippen molar-refractivity contribution in [3.05, 3.63) is 95.6 Å². The van der Waals surface area contributed by atoms with Crippen LogP contribution in [-0.2, 0) is 10.3 Å². The molecule has 0 aromatic heterocycles. The minimum Gasteiger partial charge on any atom is -0.497 e. The summed E-state index contributed by atoms with van der Waals surface area (Å²) in [5, 5.41) is 19.3. The normalized spacial score (nSPS) is 25.7. The summed E-state index contributed by atoms with van der Waals surface area (Å²) in [6.45, 7) is 0. The van der Waals surface area contributed by atoms with Crippen molar-refractivity contribution in [1.29, 1.82) is 5.26 Å². The minimum absolute atomic E-state index is 0.0271. The highest BCUT2D eigenvalue weighted by atomic mass is 16.5. The molecule has 0 saturated carbocycles. The molecular weight excluding hydrogens is 388 g/mol. The average Bonchev–Trinajstić information content (AvgIpc) is 3.10. The SMILES string of the molecule is COc1ccc(/C=N/N2C(=O)C(C#N)=CC23c2ccccc2NC2C=CC=CC23)cc1. The Labute approximate surface area is 180 Å². The molecule has 2 heterocycles. The molecule has 2 aliphatic heterocycles. The number of carbonyl (C=O) groups is 1. The number of amides is 1. The van der Waals surface area contributed by atoms with Crippen LogP contribution in [0.4, 0.5) is 5.69 Å². The molecule has 0 bridgehead atoms. The fourth-order valence-corrected chi connectivity index (χ4v) is 4.58. The first-order valence-corrected chi connectivity index (χ1v) is 10.0. The Balaban J connectivity index is 1.66. The largest absolute Gasteiger partial charge is 0.497 e. The molecule has 5 rings (SSSR count). The minimum atomic E-state index is -0.890. The third-order valence-corrected chi connectivity index (χ3v) is 6.02. The van der Waals surface area contributed by atoms with E-state index < -0.39 is 11.4 Å². The molecule has 0 radical (unpaired) electrons. The predicted octanol–water partition coefficient (Wildman–Crippen LogP) is 3.75.